The third-order valence-corrected chi connectivity index (χ3v) is 6.67. The van der Waals surface area contributed by atoms with E-state index in [1.807, 2.05) is 13.0 Å². The van der Waals surface area contributed by atoms with Gasteiger partial charge in [0, 0.05) is 51.0 Å². The van der Waals surface area contributed by atoms with Crippen LogP contribution in [0, 0.1) is 6.92 Å². The van der Waals surface area contributed by atoms with Gasteiger partial charge in [0.05, 0.1) is 24.5 Å². The number of primary amides is 1. The summed E-state index contributed by atoms with van der Waals surface area (Å²) in [4.78, 5) is 17.3. The molecule has 7 heteroatoms. The number of halogens is 1. The highest BCUT2D eigenvalue weighted by Crippen LogP contribution is 2.38. The van der Waals surface area contributed by atoms with E-state index in [0.29, 0.717) is 11.6 Å². The Morgan fingerprint density at radius 3 is 2.27 bits per heavy atom. The number of carbonyl (C=O) groups is 1. The number of carbonyl (C=O) groups excluding carboxylic acids is 1. The summed E-state index contributed by atoms with van der Waals surface area (Å²) in [7, 11) is 0. The van der Waals surface area contributed by atoms with Crippen LogP contribution in [-0.4, -0.2) is 62.9 Å². The number of hydrogen-bond donors (Lipinski definition) is 1. The predicted octanol–water partition coefficient (Wildman–Crippen LogP) is 4.18. The SMILES string of the molecule is Br.CCN(c1c(-c2ccc(CN3CCOCC3)cc2)ccc(C)c1C(N)=O)C1CCOCC1. The van der Waals surface area contributed by atoms with Crippen molar-refractivity contribution in [3.05, 3.63) is 53.1 Å². The highest BCUT2D eigenvalue weighted by Gasteiger charge is 2.27. The molecule has 0 aliphatic carbocycles. The summed E-state index contributed by atoms with van der Waals surface area (Å²) in [6.45, 7) is 10.9. The Labute approximate surface area is 207 Å². The van der Waals surface area contributed by atoms with Crippen LogP contribution in [0.25, 0.3) is 11.1 Å². The Bertz CT molecular complexity index is 923. The number of morpholine rings is 1. The number of benzene rings is 2. The second-order valence-electron chi connectivity index (χ2n) is 8.73. The Kier molecular flexibility index (Phi) is 9.32. The smallest absolute Gasteiger partial charge is 0.251 e. The van der Waals surface area contributed by atoms with Crippen molar-refractivity contribution < 1.29 is 14.3 Å². The molecule has 6 nitrogen and oxygen atoms in total. The van der Waals surface area contributed by atoms with E-state index in [0.717, 1.165) is 87.8 Å². The molecule has 0 radical (unpaired) electrons. The lowest BCUT2D eigenvalue weighted by Crippen LogP contribution is -2.41. The Balaban J connectivity index is 0.00000306. The molecule has 2 heterocycles. The molecule has 0 saturated carbocycles. The van der Waals surface area contributed by atoms with Crippen molar-refractivity contribution in [1.29, 1.82) is 0 Å². The van der Waals surface area contributed by atoms with E-state index in [2.05, 4.69) is 47.1 Å². The second kappa shape index (κ2) is 12.0. The molecule has 2 fully saturated rings. The first kappa shape index (κ1) is 25.7. The number of rotatable bonds is 7. The van der Waals surface area contributed by atoms with Crippen LogP contribution in [0.2, 0.25) is 0 Å². The normalized spacial score (nSPS) is 17.4. The third-order valence-electron chi connectivity index (χ3n) is 6.67. The lowest BCUT2D eigenvalue weighted by molar-refractivity contribution is 0.0342. The summed E-state index contributed by atoms with van der Waals surface area (Å²) < 4.78 is 11.1. The van der Waals surface area contributed by atoms with E-state index in [-0.39, 0.29) is 22.9 Å². The largest absolute Gasteiger partial charge is 0.381 e. The highest BCUT2D eigenvalue weighted by molar-refractivity contribution is 8.93. The quantitative estimate of drug-likeness (QED) is 0.596. The fraction of sp³-hybridized carbons (Fsp3) is 0.500. The van der Waals surface area contributed by atoms with E-state index < -0.39 is 0 Å². The zero-order chi connectivity index (χ0) is 22.5. The van der Waals surface area contributed by atoms with Gasteiger partial charge in [-0.1, -0.05) is 36.4 Å². The molecule has 0 atom stereocenters. The molecule has 0 bridgehead atoms. The maximum atomic E-state index is 12.6. The second-order valence-corrected chi connectivity index (χ2v) is 8.73. The average molecular weight is 518 g/mol. The molecule has 2 saturated heterocycles. The number of amides is 1. The third kappa shape index (κ3) is 5.96. The van der Waals surface area contributed by atoms with E-state index in [1.54, 1.807) is 0 Å². The first-order valence-electron chi connectivity index (χ1n) is 11.8. The summed E-state index contributed by atoms with van der Waals surface area (Å²) in [6, 6.07) is 13.2. The van der Waals surface area contributed by atoms with Crippen molar-refractivity contribution in [1.82, 2.24) is 4.90 Å². The van der Waals surface area contributed by atoms with Gasteiger partial charge in [-0.2, -0.15) is 0 Å². The van der Waals surface area contributed by atoms with Crippen molar-refractivity contribution in [3.8, 4) is 11.1 Å². The average Bonchev–Trinajstić information content (AvgIpc) is 2.81. The minimum atomic E-state index is -0.367. The molecule has 4 rings (SSSR count). The number of nitrogens with zero attached hydrogens (tertiary/aromatic N) is 2. The van der Waals surface area contributed by atoms with Gasteiger partial charge in [-0.3, -0.25) is 9.69 Å². The lowest BCUT2D eigenvalue weighted by atomic mass is 9.93. The topological polar surface area (TPSA) is 68.0 Å². The maximum absolute atomic E-state index is 12.6. The van der Waals surface area contributed by atoms with E-state index >= 15 is 0 Å². The molecule has 2 aromatic carbocycles. The van der Waals surface area contributed by atoms with Crippen LogP contribution >= 0.6 is 17.0 Å². The fourth-order valence-corrected chi connectivity index (χ4v) is 4.94. The molecule has 180 valence electrons. The molecule has 0 unspecified atom stereocenters. The van der Waals surface area contributed by atoms with Crippen molar-refractivity contribution in [2.75, 3.05) is 51.0 Å². The van der Waals surface area contributed by atoms with Crippen molar-refractivity contribution in [3.63, 3.8) is 0 Å². The fourth-order valence-electron chi connectivity index (χ4n) is 4.94. The number of ether oxygens (including phenoxy) is 2. The van der Waals surface area contributed by atoms with Crippen molar-refractivity contribution >= 4 is 28.6 Å². The highest BCUT2D eigenvalue weighted by atomic mass is 79.9. The standard InChI is InChI=1S/C26H35N3O3.BrH/c1-3-29(22-10-14-31-15-11-22)25-23(9-4-19(2)24(25)26(27)30)21-7-5-20(6-8-21)18-28-12-16-32-17-13-28;/h4-9,22H,3,10-18H2,1-2H3,(H2,27,30);1H. The van der Waals surface area contributed by atoms with Crippen LogP contribution in [0.5, 0.6) is 0 Å². The molecule has 2 aliphatic heterocycles. The summed E-state index contributed by atoms with van der Waals surface area (Å²) in [6.07, 6.45) is 1.91. The van der Waals surface area contributed by atoms with Crippen LogP contribution in [0.3, 0.4) is 0 Å². The number of aryl methyl sites for hydroxylation is 1. The number of anilines is 1. The van der Waals surface area contributed by atoms with Crippen LogP contribution in [0.1, 0.15) is 41.3 Å². The van der Waals surface area contributed by atoms with Gasteiger partial charge in [0.1, 0.15) is 0 Å². The van der Waals surface area contributed by atoms with Crippen LogP contribution in [0.15, 0.2) is 36.4 Å². The van der Waals surface area contributed by atoms with Gasteiger partial charge in [0.15, 0.2) is 0 Å². The molecule has 0 spiro atoms. The van der Waals surface area contributed by atoms with Crippen LogP contribution in [-0.2, 0) is 16.0 Å². The van der Waals surface area contributed by atoms with Gasteiger partial charge in [0.25, 0.3) is 5.91 Å². The Morgan fingerprint density at radius 2 is 1.67 bits per heavy atom. The zero-order valence-electron chi connectivity index (χ0n) is 19.7. The van der Waals surface area contributed by atoms with Crippen LogP contribution < -0.4 is 10.6 Å². The monoisotopic (exact) mass is 517 g/mol. The molecule has 1 amide bonds. The number of hydrogen-bond acceptors (Lipinski definition) is 5. The van der Waals surface area contributed by atoms with Gasteiger partial charge in [0.2, 0.25) is 0 Å². The van der Waals surface area contributed by atoms with Crippen LogP contribution in [0.4, 0.5) is 5.69 Å². The summed E-state index contributed by atoms with van der Waals surface area (Å²) in [5, 5.41) is 0. The molecular formula is C26H36BrN3O3. The van der Waals surface area contributed by atoms with Crippen molar-refractivity contribution in [2.24, 2.45) is 5.73 Å². The molecule has 2 N–H and O–H groups in total. The van der Waals surface area contributed by atoms with Gasteiger partial charge in [-0.15, -0.1) is 17.0 Å². The molecule has 2 aromatic rings. The summed E-state index contributed by atoms with van der Waals surface area (Å²) in [5.74, 6) is -0.367. The zero-order valence-corrected chi connectivity index (χ0v) is 21.4. The first-order chi connectivity index (χ1) is 15.6. The maximum Gasteiger partial charge on any atom is 0.251 e. The van der Waals surface area contributed by atoms with Crippen molar-refractivity contribution in [2.45, 2.75) is 39.3 Å². The van der Waals surface area contributed by atoms with Gasteiger partial charge >= 0.3 is 0 Å². The van der Waals surface area contributed by atoms with E-state index in [9.17, 15) is 4.79 Å². The summed E-state index contributed by atoms with van der Waals surface area (Å²) in [5.41, 5.74) is 11.9. The molecule has 0 aromatic heterocycles. The Hall–Kier alpha value is -1.93. The first-order valence-corrected chi connectivity index (χ1v) is 11.8. The minimum absolute atomic E-state index is 0. The lowest BCUT2D eigenvalue weighted by Gasteiger charge is -2.38. The minimum Gasteiger partial charge on any atom is -0.381 e. The summed E-state index contributed by atoms with van der Waals surface area (Å²) >= 11 is 0. The van der Waals surface area contributed by atoms with Gasteiger partial charge in [-0.05, 0) is 43.4 Å². The molecule has 2 aliphatic rings. The molecule has 33 heavy (non-hydrogen) atoms. The van der Waals surface area contributed by atoms with Gasteiger partial charge < -0.3 is 20.1 Å². The predicted molar refractivity (Wildman–Crippen MR) is 138 cm³/mol. The van der Waals surface area contributed by atoms with E-state index in [4.69, 9.17) is 15.2 Å². The van der Waals surface area contributed by atoms with E-state index in [1.165, 1.54) is 5.56 Å². The number of nitrogens with two attached hydrogens (primary N) is 1. The Morgan fingerprint density at radius 1 is 1.03 bits per heavy atom. The van der Waals surface area contributed by atoms with Gasteiger partial charge in [-0.25, -0.2) is 0 Å². The molecular weight excluding hydrogens is 482 g/mol.